The maximum absolute atomic E-state index is 12.5. The Morgan fingerprint density at radius 1 is 0.415 bits per heavy atom. The van der Waals surface area contributed by atoms with Gasteiger partial charge >= 0.3 is 5.69 Å². The Kier molecular flexibility index (Phi) is 5.25. The van der Waals surface area contributed by atoms with Crippen molar-refractivity contribution in [3.8, 4) is 33.6 Å². The van der Waals surface area contributed by atoms with E-state index >= 15 is 0 Å². The molecule has 0 saturated carbocycles. The molecule has 0 radical (unpaired) electrons. The number of hydrogen-bond acceptors (Lipinski definition) is 3. The van der Waals surface area contributed by atoms with Crippen molar-refractivity contribution < 1.29 is 0 Å². The summed E-state index contributed by atoms with van der Waals surface area (Å²) in [4.78, 5) is 21.2. The van der Waals surface area contributed by atoms with Crippen LogP contribution in [0.25, 0.3) is 71.6 Å². The van der Waals surface area contributed by atoms with Crippen LogP contribution >= 0.6 is 0 Å². The molecular formula is C37H23N3O. The van der Waals surface area contributed by atoms with Gasteiger partial charge in [-0.15, -0.1) is 0 Å². The minimum atomic E-state index is -0.335. The number of rotatable bonds is 3. The minimum Gasteiger partial charge on any atom is -0.251 e. The lowest BCUT2D eigenvalue weighted by molar-refractivity contribution is 0.948. The fraction of sp³-hybridized carbons (Fsp3) is 0. The van der Waals surface area contributed by atoms with Crippen LogP contribution in [0.5, 0.6) is 0 Å². The van der Waals surface area contributed by atoms with Gasteiger partial charge in [0.25, 0.3) is 0 Å². The normalized spacial score (nSPS) is 11.5. The molecule has 0 aliphatic heterocycles. The molecule has 8 rings (SSSR count). The Bertz CT molecular complexity index is 2300. The van der Waals surface area contributed by atoms with E-state index in [0.29, 0.717) is 11.5 Å². The number of nitrogens with zero attached hydrogens (tertiary/aromatic N) is 3. The number of pyridine rings is 1. The van der Waals surface area contributed by atoms with E-state index in [1.807, 2.05) is 24.3 Å². The fourth-order valence-electron chi connectivity index (χ4n) is 5.87. The van der Waals surface area contributed by atoms with Crippen LogP contribution in [0, 0.1) is 0 Å². The van der Waals surface area contributed by atoms with Crippen molar-refractivity contribution in [3.05, 3.63) is 150 Å². The van der Waals surface area contributed by atoms with Crippen molar-refractivity contribution in [1.82, 2.24) is 14.4 Å². The first-order valence-corrected chi connectivity index (χ1v) is 13.6. The third-order valence-electron chi connectivity index (χ3n) is 7.88. The molecule has 0 fully saturated rings. The van der Waals surface area contributed by atoms with Gasteiger partial charge in [-0.1, -0.05) is 109 Å². The fourth-order valence-corrected chi connectivity index (χ4v) is 5.87. The molecule has 0 spiro atoms. The molecule has 2 aromatic heterocycles. The molecule has 192 valence electrons. The summed E-state index contributed by atoms with van der Waals surface area (Å²) in [5.74, 6) is 0.428. The van der Waals surface area contributed by atoms with Gasteiger partial charge in [0.2, 0.25) is 0 Å². The quantitative estimate of drug-likeness (QED) is 0.217. The molecule has 41 heavy (non-hydrogen) atoms. The molecule has 6 aromatic carbocycles. The van der Waals surface area contributed by atoms with Gasteiger partial charge in [0, 0.05) is 11.8 Å². The molecule has 0 N–H and O–H groups in total. The average molecular weight is 526 g/mol. The van der Waals surface area contributed by atoms with Crippen LogP contribution in [0.15, 0.2) is 144 Å². The molecule has 0 saturated heterocycles. The molecule has 0 aliphatic carbocycles. The zero-order valence-corrected chi connectivity index (χ0v) is 22.0. The van der Waals surface area contributed by atoms with Crippen LogP contribution in [-0.2, 0) is 0 Å². The van der Waals surface area contributed by atoms with Crippen LogP contribution in [0.3, 0.4) is 0 Å². The highest BCUT2D eigenvalue weighted by Gasteiger charge is 2.11. The zero-order valence-electron chi connectivity index (χ0n) is 22.0. The topological polar surface area (TPSA) is 47.3 Å². The number of fused-ring (bicyclic) bond motifs is 7. The Balaban J connectivity index is 1.19. The molecule has 8 aromatic rings. The highest BCUT2D eigenvalue weighted by molar-refractivity contribution is 6.25. The van der Waals surface area contributed by atoms with Crippen molar-refractivity contribution >= 4 is 38.0 Å². The van der Waals surface area contributed by atoms with E-state index in [1.165, 1.54) is 42.3 Å². The summed E-state index contributed by atoms with van der Waals surface area (Å²) in [6, 6.07) is 46.3. The van der Waals surface area contributed by atoms with E-state index < -0.39 is 0 Å². The summed E-state index contributed by atoms with van der Waals surface area (Å²) in [7, 11) is 0. The van der Waals surface area contributed by atoms with Crippen LogP contribution < -0.4 is 5.69 Å². The standard InChI is InChI=1S/C37H23N3O/c41-37-39-36(38-35-14-5-6-21-40(35)37)25-17-15-24(16-18-25)26-8-7-9-27(22-26)28-19-20-33-31-12-2-1-10-29(31)30-11-3-4-13-32(30)34(33)23-28/h1-23H. The Morgan fingerprint density at radius 2 is 0.951 bits per heavy atom. The molecule has 0 amide bonds. The number of hydrogen-bond donors (Lipinski definition) is 0. The second-order valence-electron chi connectivity index (χ2n) is 10.3. The summed E-state index contributed by atoms with van der Waals surface area (Å²) in [5, 5.41) is 7.64. The van der Waals surface area contributed by atoms with E-state index in [2.05, 4.69) is 113 Å². The van der Waals surface area contributed by atoms with Crippen molar-refractivity contribution in [2.24, 2.45) is 0 Å². The molecule has 0 aliphatic rings. The van der Waals surface area contributed by atoms with Crippen molar-refractivity contribution in [3.63, 3.8) is 0 Å². The maximum Gasteiger partial charge on any atom is 0.355 e. The lowest BCUT2D eigenvalue weighted by atomic mass is 9.91. The molecule has 0 bridgehead atoms. The SMILES string of the molecule is O=c1nc(-c2ccc(-c3cccc(-c4ccc5c6ccccc6c6ccccc6c5c4)c3)cc2)nc2ccccn12. The average Bonchev–Trinajstić information content (AvgIpc) is 3.05. The van der Waals surface area contributed by atoms with Crippen LogP contribution in [0.2, 0.25) is 0 Å². The largest absolute Gasteiger partial charge is 0.355 e. The predicted octanol–water partition coefficient (Wildman–Crippen LogP) is 8.55. The lowest BCUT2D eigenvalue weighted by Gasteiger charge is -2.12. The van der Waals surface area contributed by atoms with Crippen molar-refractivity contribution in [1.29, 1.82) is 0 Å². The Hall–Kier alpha value is -5.61. The molecular weight excluding hydrogens is 502 g/mol. The van der Waals surface area contributed by atoms with Gasteiger partial charge in [-0.25, -0.2) is 9.78 Å². The first-order valence-electron chi connectivity index (χ1n) is 13.6. The van der Waals surface area contributed by atoms with Gasteiger partial charge in [0.05, 0.1) is 0 Å². The van der Waals surface area contributed by atoms with Crippen LogP contribution in [-0.4, -0.2) is 14.4 Å². The minimum absolute atomic E-state index is 0.335. The second-order valence-corrected chi connectivity index (χ2v) is 10.3. The van der Waals surface area contributed by atoms with Crippen molar-refractivity contribution in [2.45, 2.75) is 0 Å². The Labute approximate surface area is 235 Å². The summed E-state index contributed by atoms with van der Waals surface area (Å²) in [6.07, 6.45) is 1.68. The van der Waals surface area contributed by atoms with E-state index in [0.717, 1.165) is 22.3 Å². The molecule has 4 nitrogen and oxygen atoms in total. The summed E-state index contributed by atoms with van der Waals surface area (Å²) >= 11 is 0. The summed E-state index contributed by atoms with van der Waals surface area (Å²) in [6.45, 7) is 0. The van der Waals surface area contributed by atoms with E-state index in [9.17, 15) is 4.79 Å². The number of aromatic nitrogens is 3. The predicted molar refractivity (Wildman–Crippen MR) is 168 cm³/mol. The van der Waals surface area contributed by atoms with E-state index in [4.69, 9.17) is 0 Å². The highest BCUT2D eigenvalue weighted by atomic mass is 16.1. The second kappa shape index (κ2) is 9.25. The highest BCUT2D eigenvalue weighted by Crippen LogP contribution is 2.37. The smallest absolute Gasteiger partial charge is 0.251 e. The van der Waals surface area contributed by atoms with Gasteiger partial charge in [-0.3, -0.25) is 4.40 Å². The lowest BCUT2D eigenvalue weighted by Crippen LogP contribution is -2.18. The third-order valence-corrected chi connectivity index (χ3v) is 7.88. The van der Waals surface area contributed by atoms with Gasteiger partial charge in [-0.2, -0.15) is 4.98 Å². The molecule has 2 heterocycles. The monoisotopic (exact) mass is 525 g/mol. The van der Waals surface area contributed by atoms with Crippen LogP contribution in [0.4, 0.5) is 0 Å². The van der Waals surface area contributed by atoms with Crippen LogP contribution in [0.1, 0.15) is 0 Å². The first kappa shape index (κ1) is 23.3. The van der Waals surface area contributed by atoms with E-state index in [-0.39, 0.29) is 5.69 Å². The van der Waals surface area contributed by atoms with Gasteiger partial charge < -0.3 is 0 Å². The third kappa shape index (κ3) is 3.88. The molecule has 0 atom stereocenters. The molecule has 0 unspecified atom stereocenters. The van der Waals surface area contributed by atoms with Gasteiger partial charge in [-0.05, 0) is 78.8 Å². The number of benzene rings is 6. The van der Waals surface area contributed by atoms with Gasteiger partial charge in [0.15, 0.2) is 5.82 Å². The van der Waals surface area contributed by atoms with Gasteiger partial charge in [0.1, 0.15) is 5.65 Å². The maximum atomic E-state index is 12.5. The Morgan fingerprint density at radius 3 is 1.66 bits per heavy atom. The van der Waals surface area contributed by atoms with E-state index in [1.54, 1.807) is 12.3 Å². The zero-order chi connectivity index (χ0) is 27.3. The first-order chi connectivity index (χ1) is 20.2. The molecule has 4 heteroatoms. The summed E-state index contributed by atoms with van der Waals surface area (Å²) < 4.78 is 1.45. The van der Waals surface area contributed by atoms with Crippen molar-refractivity contribution in [2.75, 3.05) is 0 Å². The summed E-state index contributed by atoms with van der Waals surface area (Å²) in [5.41, 5.74) is 5.61.